The van der Waals surface area contributed by atoms with E-state index in [0.717, 1.165) is 12.0 Å². The van der Waals surface area contributed by atoms with Gasteiger partial charge in [0, 0.05) is 11.3 Å². The third-order valence-corrected chi connectivity index (χ3v) is 13.7. The molecule has 11 heteroatoms. The molecule has 0 spiro atoms. The van der Waals surface area contributed by atoms with E-state index in [1.54, 1.807) is 13.8 Å². The zero-order valence-corrected chi connectivity index (χ0v) is 29.1. The predicted molar refractivity (Wildman–Crippen MR) is 171 cm³/mol. The highest BCUT2D eigenvalue weighted by Crippen LogP contribution is 2.75. The van der Waals surface area contributed by atoms with Crippen molar-refractivity contribution >= 4 is 5.78 Å². The number of fused-ring (bicyclic) bond motifs is 5. The highest BCUT2D eigenvalue weighted by molar-refractivity contribution is 5.97. The molecule has 1 saturated heterocycles. The van der Waals surface area contributed by atoms with Crippen LogP contribution < -0.4 is 0 Å². The molecule has 0 amide bonds. The highest BCUT2D eigenvalue weighted by atomic mass is 16.7. The first-order valence-electron chi connectivity index (χ1n) is 17.2. The molecule has 0 aromatic carbocycles. The molecule has 15 atom stereocenters. The summed E-state index contributed by atoms with van der Waals surface area (Å²) in [6.45, 7) is 14.5. The molecular weight excluding hydrogens is 608 g/mol. The largest absolute Gasteiger partial charge is 0.394 e. The summed E-state index contributed by atoms with van der Waals surface area (Å²) in [5.74, 6) is -1.28. The van der Waals surface area contributed by atoms with Crippen molar-refractivity contribution in [3.8, 4) is 0 Å². The van der Waals surface area contributed by atoms with Gasteiger partial charge in [-0.15, -0.1) is 0 Å². The lowest BCUT2D eigenvalue weighted by molar-refractivity contribution is -0.324. The second kappa shape index (κ2) is 11.9. The number of ketones is 1. The minimum atomic E-state index is -1.86. The topological polar surface area (TPSA) is 197 Å². The third kappa shape index (κ3) is 5.61. The van der Waals surface area contributed by atoms with E-state index < -0.39 is 94.8 Å². The summed E-state index contributed by atoms with van der Waals surface area (Å²) in [6, 6.07) is 0. The van der Waals surface area contributed by atoms with Gasteiger partial charge in [0.15, 0.2) is 12.1 Å². The fraction of sp³-hybridized carbons (Fsp3) is 0.861. The van der Waals surface area contributed by atoms with E-state index in [2.05, 4.69) is 26.8 Å². The van der Waals surface area contributed by atoms with Crippen molar-refractivity contribution < 1.29 is 55.1 Å². The zero-order valence-electron chi connectivity index (χ0n) is 29.1. The standard InChI is InChI=1S/C36H58O11/c1-31(2,44)12-11-24(39)36(8,45)28-20(38)16-35(7)23-10-9-18-19(33(23,5)13-14-34(28,35)6)15-21(29(43)32(18,3)4)46-30-27(42)26(41)25(40)22(17-37)47-30/h9,11-12,19-23,25-30,37-38,40-45H,10,13-17H2,1-8H3/b12-11+/t19-,20?,21?,22+,23+,25+,26-,27+,28-,29?,30+,33+,34+,35-,36-/m0/s1. The summed E-state index contributed by atoms with van der Waals surface area (Å²) in [5.41, 5.74) is -4.06. The van der Waals surface area contributed by atoms with Crippen LogP contribution in [0.5, 0.6) is 0 Å². The van der Waals surface area contributed by atoms with E-state index in [-0.39, 0.29) is 17.3 Å². The van der Waals surface area contributed by atoms with Crippen molar-refractivity contribution in [1.29, 1.82) is 0 Å². The normalized spacial score (nSPS) is 49.4. The molecule has 4 aliphatic carbocycles. The number of hydrogen-bond donors (Lipinski definition) is 8. The summed E-state index contributed by atoms with van der Waals surface area (Å²) in [5, 5.41) is 86.3. The van der Waals surface area contributed by atoms with Crippen LogP contribution >= 0.6 is 0 Å². The summed E-state index contributed by atoms with van der Waals surface area (Å²) >= 11 is 0. The van der Waals surface area contributed by atoms with Gasteiger partial charge in [0.2, 0.25) is 0 Å². The average molecular weight is 667 g/mol. The van der Waals surface area contributed by atoms with Gasteiger partial charge in [-0.1, -0.05) is 52.3 Å². The summed E-state index contributed by atoms with van der Waals surface area (Å²) in [6.07, 6.45) is -2.24. The van der Waals surface area contributed by atoms with Gasteiger partial charge >= 0.3 is 0 Å². The van der Waals surface area contributed by atoms with Gasteiger partial charge in [0.25, 0.3) is 0 Å². The molecule has 1 aliphatic heterocycles. The van der Waals surface area contributed by atoms with E-state index in [0.29, 0.717) is 25.7 Å². The summed E-state index contributed by atoms with van der Waals surface area (Å²) in [4.78, 5) is 13.4. The van der Waals surface area contributed by atoms with Crippen molar-refractivity contribution in [3.05, 3.63) is 23.8 Å². The van der Waals surface area contributed by atoms with E-state index in [1.165, 1.54) is 19.1 Å². The van der Waals surface area contributed by atoms with Gasteiger partial charge in [0.05, 0.1) is 30.5 Å². The van der Waals surface area contributed by atoms with Crippen LogP contribution in [0, 0.1) is 39.4 Å². The van der Waals surface area contributed by atoms with Gasteiger partial charge in [-0.05, 0) is 87.0 Å². The number of allylic oxidation sites excluding steroid dienone is 1. The SMILES string of the molecule is CC(C)(O)/C=C/C(=O)[C@](C)(O)[C@H]1C(O)C[C@@]2(C)[C@@H]3CC=C4[C@H](CC(O[C@@H]5O[C@H](CO)[C@@H](O)[C@H](O)[C@H]5O)C(O)C4(C)C)[C@@]3(C)CC[C@]12C. The second-order valence-electron chi connectivity index (χ2n) is 17.4. The van der Waals surface area contributed by atoms with Crippen LogP contribution in [0.3, 0.4) is 0 Å². The molecule has 0 aromatic rings. The van der Waals surface area contributed by atoms with Crippen molar-refractivity contribution in [3.63, 3.8) is 0 Å². The summed E-state index contributed by atoms with van der Waals surface area (Å²) in [7, 11) is 0. The van der Waals surface area contributed by atoms with E-state index in [9.17, 15) is 45.6 Å². The lowest BCUT2D eigenvalue weighted by atomic mass is 9.38. The monoisotopic (exact) mass is 666 g/mol. The van der Waals surface area contributed by atoms with Crippen LogP contribution in [-0.4, -0.2) is 113 Å². The molecular formula is C36H58O11. The molecule has 5 aliphatic rings. The first-order valence-corrected chi connectivity index (χ1v) is 17.2. The molecule has 47 heavy (non-hydrogen) atoms. The van der Waals surface area contributed by atoms with E-state index >= 15 is 0 Å². The lowest BCUT2D eigenvalue weighted by Crippen LogP contribution is -2.64. The lowest BCUT2D eigenvalue weighted by Gasteiger charge is -2.66. The number of carbonyl (C=O) groups is 1. The number of aliphatic hydroxyl groups excluding tert-OH is 6. The minimum absolute atomic E-state index is 0.0519. The Hall–Kier alpha value is -1.25. The minimum Gasteiger partial charge on any atom is -0.394 e. The molecule has 0 radical (unpaired) electrons. The van der Waals surface area contributed by atoms with Crippen molar-refractivity contribution in [2.75, 3.05) is 6.61 Å². The van der Waals surface area contributed by atoms with Crippen molar-refractivity contribution in [1.82, 2.24) is 0 Å². The molecule has 3 unspecified atom stereocenters. The smallest absolute Gasteiger partial charge is 0.187 e. The van der Waals surface area contributed by atoms with Crippen LogP contribution in [-0.2, 0) is 14.3 Å². The van der Waals surface area contributed by atoms with Crippen LogP contribution in [0.4, 0.5) is 0 Å². The Morgan fingerprint density at radius 2 is 1.62 bits per heavy atom. The van der Waals surface area contributed by atoms with E-state index in [1.807, 2.05) is 13.8 Å². The molecule has 268 valence electrons. The second-order valence-corrected chi connectivity index (χ2v) is 17.4. The van der Waals surface area contributed by atoms with Crippen LogP contribution in [0.25, 0.3) is 0 Å². The Morgan fingerprint density at radius 1 is 0.979 bits per heavy atom. The number of aliphatic hydroxyl groups is 8. The quantitative estimate of drug-likeness (QED) is 0.144. The molecule has 8 N–H and O–H groups in total. The Balaban J connectivity index is 1.46. The van der Waals surface area contributed by atoms with Gasteiger partial charge in [-0.2, -0.15) is 0 Å². The molecule has 4 fully saturated rings. The highest BCUT2D eigenvalue weighted by Gasteiger charge is 2.72. The Labute approximate surface area is 278 Å². The van der Waals surface area contributed by atoms with Crippen LogP contribution in [0.2, 0.25) is 0 Å². The number of rotatable bonds is 7. The Morgan fingerprint density at radius 3 is 2.21 bits per heavy atom. The number of carbonyl (C=O) groups excluding carboxylic acids is 1. The molecule has 5 rings (SSSR count). The maximum atomic E-state index is 13.4. The molecule has 11 nitrogen and oxygen atoms in total. The summed E-state index contributed by atoms with van der Waals surface area (Å²) < 4.78 is 11.9. The maximum absolute atomic E-state index is 13.4. The van der Waals surface area contributed by atoms with Gasteiger partial charge in [-0.25, -0.2) is 0 Å². The van der Waals surface area contributed by atoms with E-state index in [4.69, 9.17) is 9.47 Å². The first kappa shape index (κ1) is 37.0. The molecule has 3 saturated carbocycles. The van der Waals surface area contributed by atoms with Gasteiger partial charge < -0.3 is 50.3 Å². The van der Waals surface area contributed by atoms with Crippen molar-refractivity contribution in [2.24, 2.45) is 39.4 Å². The zero-order chi connectivity index (χ0) is 35.3. The Kier molecular flexibility index (Phi) is 9.39. The third-order valence-electron chi connectivity index (χ3n) is 13.7. The fourth-order valence-corrected chi connectivity index (χ4v) is 10.8. The average Bonchev–Trinajstić information content (AvgIpc) is 3.19. The maximum Gasteiger partial charge on any atom is 0.187 e. The van der Waals surface area contributed by atoms with Crippen LogP contribution in [0.15, 0.2) is 23.8 Å². The fourth-order valence-electron chi connectivity index (χ4n) is 10.8. The predicted octanol–water partition coefficient (Wildman–Crippen LogP) is 1.37. The Bertz CT molecular complexity index is 1270. The molecule has 1 heterocycles. The molecule has 0 aromatic heterocycles. The number of ether oxygens (including phenoxy) is 2. The first-order chi connectivity index (χ1) is 21.5. The number of hydrogen-bond acceptors (Lipinski definition) is 11. The van der Waals surface area contributed by atoms with Crippen molar-refractivity contribution in [2.45, 2.75) is 148 Å². The van der Waals surface area contributed by atoms with Crippen LogP contribution in [0.1, 0.15) is 87.5 Å². The van der Waals surface area contributed by atoms with Gasteiger partial charge in [0.1, 0.15) is 30.0 Å². The molecule has 0 bridgehead atoms. The van der Waals surface area contributed by atoms with Gasteiger partial charge in [-0.3, -0.25) is 4.79 Å².